The van der Waals surface area contributed by atoms with Crippen LogP contribution in [0.1, 0.15) is 37.6 Å². The van der Waals surface area contributed by atoms with Gasteiger partial charge < -0.3 is 20.5 Å². The molecule has 0 saturated heterocycles. The molecule has 0 radical (unpaired) electrons. The second kappa shape index (κ2) is 7.98. The number of anilines is 2. The predicted octanol–water partition coefficient (Wildman–Crippen LogP) is 3.05. The number of aryl methyl sites for hydroxylation is 1. The number of esters is 2. The molecule has 3 rings (SSSR count). The van der Waals surface area contributed by atoms with Gasteiger partial charge in [-0.2, -0.15) is 0 Å². The third-order valence-electron chi connectivity index (χ3n) is 4.13. The standard InChI is InChI=1S/C18H17ClN2O5S/c1-25-18(24)15-10-3-2-4-13(10)27-16(15)21-14(22)8-26-17(23)11-7-9(19)5-6-12(11)20/h5-7H,2-4,8,20H2,1H3,(H,21,22). The Labute approximate surface area is 164 Å². The molecule has 1 aliphatic rings. The van der Waals surface area contributed by atoms with E-state index in [2.05, 4.69) is 5.32 Å². The van der Waals surface area contributed by atoms with Crippen molar-refractivity contribution in [1.29, 1.82) is 0 Å². The summed E-state index contributed by atoms with van der Waals surface area (Å²) >= 11 is 7.19. The lowest BCUT2D eigenvalue weighted by atomic mass is 10.1. The highest BCUT2D eigenvalue weighted by atomic mass is 35.5. The number of halogens is 1. The normalized spacial score (nSPS) is 12.4. The second-order valence-electron chi connectivity index (χ2n) is 5.91. The first-order valence-corrected chi connectivity index (χ1v) is 9.35. The summed E-state index contributed by atoms with van der Waals surface area (Å²) in [5.41, 5.74) is 7.31. The first-order valence-electron chi connectivity index (χ1n) is 8.15. The van der Waals surface area contributed by atoms with Crippen LogP contribution in [0.5, 0.6) is 0 Å². The van der Waals surface area contributed by atoms with Gasteiger partial charge in [-0.05, 0) is 43.0 Å². The second-order valence-corrected chi connectivity index (χ2v) is 7.45. The number of methoxy groups -OCH3 is 1. The molecule has 0 bridgehead atoms. The topological polar surface area (TPSA) is 108 Å². The van der Waals surface area contributed by atoms with Crippen LogP contribution in [-0.4, -0.2) is 31.6 Å². The Morgan fingerprint density at radius 3 is 2.78 bits per heavy atom. The van der Waals surface area contributed by atoms with E-state index in [-0.39, 0.29) is 11.3 Å². The third-order valence-corrected chi connectivity index (χ3v) is 5.58. The van der Waals surface area contributed by atoms with Crippen molar-refractivity contribution in [1.82, 2.24) is 0 Å². The zero-order valence-electron chi connectivity index (χ0n) is 14.5. The predicted molar refractivity (Wildman–Crippen MR) is 102 cm³/mol. The number of rotatable bonds is 5. The fourth-order valence-electron chi connectivity index (χ4n) is 2.89. The van der Waals surface area contributed by atoms with E-state index in [9.17, 15) is 14.4 Å². The molecule has 0 spiro atoms. The number of carbonyl (C=O) groups excluding carboxylic acids is 3. The van der Waals surface area contributed by atoms with Crippen molar-refractivity contribution < 1.29 is 23.9 Å². The summed E-state index contributed by atoms with van der Waals surface area (Å²) in [4.78, 5) is 37.4. The molecule has 1 aromatic heterocycles. The van der Waals surface area contributed by atoms with Gasteiger partial charge >= 0.3 is 11.9 Å². The molecule has 27 heavy (non-hydrogen) atoms. The molecule has 0 saturated carbocycles. The molecular weight excluding hydrogens is 392 g/mol. The molecule has 0 unspecified atom stereocenters. The van der Waals surface area contributed by atoms with Gasteiger partial charge in [0.05, 0.1) is 18.2 Å². The van der Waals surface area contributed by atoms with Gasteiger partial charge in [0.2, 0.25) is 0 Å². The molecular formula is C18H17ClN2O5S. The smallest absolute Gasteiger partial charge is 0.341 e. The van der Waals surface area contributed by atoms with E-state index in [1.54, 1.807) is 6.07 Å². The van der Waals surface area contributed by atoms with Gasteiger partial charge in [0.25, 0.3) is 5.91 Å². The average Bonchev–Trinajstić information content (AvgIpc) is 3.21. The number of ether oxygens (including phenoxy) is 2. The fourth-order valence-corrected chi connectivity index (χ4v) is 4.35. The van der Waals surface area contributed by atoms with Crippen LogP contribution in [0.4, 0.5) is 10.7 Å². The van der Waals surface area contributed by atoms with E-state index in [0.717, 1.165) is 29.7 Å². The van der Waals surface area contributed by atoms with Crippen molar-refractivity contribution in [3.8, 4) is 0 Å². The van der Waals surface area contributed by atoms with Crippen molar-refractivity contribution in [2.45, 2.75) is 19.3 Å². The molecule has 142 valence electrons. The summed E-state index contributed by atoms with van der Waals surface area (Å²) in [6.07, 6.45) is 2.61. The molecule has 1 heterocycles. The Hall–Kier alpha value is -2.58. The van der Waals surface area contributed by atoms with Gasteiger partial charge in [0.15, 0.2) is 6.61 Å². The van der Waals surface area contributed by atoms with Crippen LogP contribution in [0.2, 0.25) is 5.02 Å². The third kappa shape index (κ3) is 4.06. The minimum atomic E-state index is -0.757. The van der Waals surface area contributed by atoms with Gasteiger partial charge in [-0.3, -0.25) is 4.79 Å². The first-order chi connectivity index (χ1) is 12.9. The van der Waals surface area contributed by atoms with E-state index in [1.807, 2.05) is 0 Å². The number of amides is 1. The summed E-state index contributed by atoms with van der Waals surface area (Å²) in [6.45, 7) is -0.520. The zero-order valence-corrected chi connectivity index (χ0v) is 16.0. The van der Waals surface area contributed by atoms with Gasteiger partial charge in [0, 0.05) is 15.6 Å². The molecule has 1 amide bonds. The lowest BCUT2D eigenvalue weighted by Crippen LogP contribution is -2.22. The molecule has 9 heteroatoms. The van der Waals surface area contributed by atoms with Crippen LogP contribution >= 0.6 is 22.9 Å². The molecule has 2 aromatic rings. The van der Waals surface area contributed by atoms with E-state index in [1.165, 1.54) is 30.6 Å². The van der Waals surface area contributed by atoms with Crippen LogP contribution in [-0.2, 0) is 27.1 Å². The minimum absolute atomic E-state index is 0.0839. The highest BCUT2D eigenvalue weighted by Crippen LogP contribution is 2.39. The van der Waals surface area contributed by atoms with Crippen LogP contribution in [0.25, 0.3) is 0 Å². The molecule has 7 nitrogen and oxygen atoms in total. The van der Waals surface area contributed by atoms with E-state index in [4.69, 9.17) is 26.8 Å². The lowest BCUT2D eigenvalue weighted by molar-refractivity contribution is -0.119. The van der Waals surface area contributed by atoms with E-state index in [0.29, 0.717) is 15.6 Å². The highest BCUT2D eigenvalue weighted by Gasteiger charge is 2.28. The van der Waals surface area contributed by atoms with Gasteiger partial charge in [-0.25, -0.2) is 9.59 Å². The maximum atomic E-state index is 12.2. The molecule has 0 atom stereocenters. The van der Waals surface area contributed by atoms with Gasteiger partial charge in [-0.1, -0.05) is 11.6 Å². The molecule has 1 aromatic carbocycles. The number of benzene rings is 1. The number of fused-ring (bicyclic) bond motifs is 1. The van der Waals surface area contributed by atoms with Gasteiger partial charge in [0.1, 0.15) is 5.00 Å². The number of hydrogen-bond donors (Lipinski definition) is 2. The van der Waals surface area contributed by atoms with Crippen LogP contribution in [0, 0.1) is 0 Å². The van der Waals surface area contributed by atoms with Gasteiger partial charge in [-0.15, -0.1) is 11.3 Å². The van der Waals surface area contributed by atoms with Crippen molar-refractivity contribution in [3.05, 3.63) is 44.8 Å². The Balaban J connectivity index is 1.67. The maximum absolute atomic E-state index is 12.2. The SMILES string of the molecule is COC(=O)c1c(NC(=O)COC(=O)c2cc(Cl)ccc2N)sc2c1CCC2. The Morgan fingerprint density at radius 1 is 1.26 bits per heavy atom. The summed E-state index contributed by atoms with van der Waals surface area (Å²) in [5, 5.41) is 3.37. The molecule has 0 fully saturated rings. The quantitative estimate of drug-likeness (QED) is 0.581. The number of carbonyl (C=O) groups is 3. The summed E-state index contributed by atoms with van der Waals surface area (Å²) in [6, 6.07) is 4.40. The Kier molecular flexibility index (Phi) is 5.67. The molecule has 3 N–H and O–H groups in total. The van der Waals surface area contributed by atoms with E-state index < -0.39 is 24.5 Å². The van der Waals surface area contributed by atoms with Crippen molar-refractivity contribution in [2.24, 2.45) is 0 Å². The summed E-state index contributed by atoms with van der Waals surface area (Å²) < 4.78 is 9.83. The first kappa shape index (κ1) is 19.2. The van der Waals surface area contributed by atoms with Crippen molar-refractivity contribution in [2.75, 3.05) is 24.8 Å². The van der Waals surface area contributed by atoms with Crippen molar-refractivity contribution >= 4 is 51.5 Å². The fraction of sp³-hybridized carbons (Fsp3) is 0.278. The number of hydrogen-bond acceptors (Lipinski definition) is 7. The average molecular weight is 409 g/mol. The molecule has 1 aliphatic carbocycles. The van der Waals surface area contributed by atoms with E-state index >= 15 is 0 Å². The maximum Gasteiger partial charge on any atom is 0.341 e. The highest BCUT2D eigenvalue weighted by molar-refractivity contribution is 7.17. The van der Waals surface area contributed by atoms with Crippen LogP contribution < -0.4 is 11.1 Å². The molecule has 0 aliphatic heterocycles. The monoisotopic (exact) mass is 408 g/mol. The van der Waals surface area contributed by atoms with Crippen molar-refractivity contribution in [3.63, 3.8) is 0 Å². The van der Waals surface area contributed by atoms with Crippen LogP contribution in [0.15, 0.2) is 18.2 Å². The number of nitrogen functional groups attached to an aromatic ring is 1. The Bertz CT molecular complexity index is 925. The minimum Gasteiger partial charge on any atom is -0.465 e. The largest absolute Gasteiger partial charge is 0.465 e. The lowest BCUT2D eigenvalue weighted by Gasteiger charge is -2.09. The number of nitrogens with one attached hydrogen (secondary N) is 1. The zero-order chi connectivity index (χ0) is 19.6. The number of nitrogens with two attached hydrogens (primary N) is 1. The summed E-state index contributed by atoms with van der Waals surface area (Å²) in [7, 11) is 1.30. The summed E-state index contributed by atoms with van der Waals surface area (Å²) in [5.74, 6) is -1.81. The number of thiophene rings is 1. The Morgan fingerprint density at radius 2 is 2.04 bits per heavy atom. The van der Waals surface area contributed by atoms with Crippen LogP contribution in [0.3, 0.4) is 0 Å².